The minimum atomic E-state index is 0.197. The van der Waals surface area contributed by atoms with Gasteiger partial charge >= 0.3 is 0 Å². The molecule has 0 amide bonds. The molecule has 1 aliphatic rings. The number of hydrogen-bond donors (Lipinski definition) is 0. The van der Waals surface area contributed by atoms with Gasteiger partial charge in [-0.15, -0.1) is 0 Å². The first-order chi connectivity index (χ1) is 18.5. The van der Waals surface area contributed by atoms with E-state index in [9.17, 15) is 0 Å². The fourth-order valence-corrected chi connectivity index (χ4v) is 4.38. The van der Waals surface area contributed by atoms with Gasteiger partial charge in [0, 0.05) is 0 Å². The molecule has 1 atom stereocenters. The van der Waals surface area contributed by atoms with E-state index in [1.807, 2.05) is 41.5 Å². The monoisotopic (exact) mass is 546 g/mol. The van der Waals surface area contributed by atoms with E-state index in [1.165, 1.54) is 46.2 Å². The highest BCUT2D eigenvalue weighted by atomic mass is 32.1. The van der Waals surface area contributed by atoms with Crippen LogP contribution in [0.1, 0.15) is 110 Å². The van der Waals surface area contributed by atoms with E-state index in [-0.39, 0.29) is 5.41 Å². The van der Waals surface area contributed by atoms with Gasteiger partial charge in [-0.1, -0.05) is 165 Å². The van der Waals surface area contributed by atoms with E-state index in [0.717, 1.165) is 11.5 Å². The second kappa shape index (κ2) is 20.4. The van der Waals surface area contributed by atoms with Crippen LogP contribution >= 0.6 is 12.2 Å². The van der Waals surface area contributed by atoms with Crippen molar-refractivity contribution in [1.82, 2.24) is 0 Å². The van der Waals surface area contributed by atoms with Crippen LogP contribution in [0, 0.1) is 19.8 Å². The highest BCUT2D eigenvalue weighted by Crippen LogP contribution is 2.31. The molecule has 0 N–H and O–H groups in total. The Balaban J connectivity index is 0. The summed E-state index contributed by atoms with van der Waals surface area (Å²) in [5.74, 6) is 3.70. The van der Waals surface area contributed by atoms with Crippen molar-refractivity contribution in [3.05, 3.63) is 101 Å². The zero-order valence-electron chi connectivity index (χ0n) is 27.6. The van der Waals surface area contributed by atoms with Gasteiger partial charge in [0.15, 0.2) is 0 Å². The second-order valence-electron chi connectivity index (χ2n) is 10.4. The van der Waals surface area contributed by atoms with Crippen LogP contribution in [-0.4, -0.2) is 5.87 Å². The van der Waals surface area contributed by atoms with Gasteiger partial charge in [0.05, 0.1) is 0 Å². The molecule has 0 aromatic heterocycles. The van der Waals surface area contributed by atoms with Crippen LogP contribution in [0.2, 0.25) is 0 Å². The molecule has 216 valence electrons. The molecule has 0 saturated carbocycles. The molecule has 0 bridgehead atoms. The summed E-state index contributed by atoms with van der Waals surface area (Å²) in [6.07, 6.45) is 2.58. The first-order valence-electron chi connectivity index (χ1n) is 14.8. The van der Waals surface area contributed by atoms with Gasteiger partial charge < -0.3 is 0 Å². The molecule has 0 heterocycles. The van der Waals surface area contributed by atoms with Gasteiger partial charge in [-0.05, 0) is 84.2 Å². The highest BCUT2D eigenvalue weighted by Gasteiger charge is 2.16. The third-order valence-electron chi connectivity index (χ3n) is 6.20. The normalized spacial score (nSPS) is 12.6. The Hall–Kier alpha value is -2.51. The van der Waals surface area contributed by atoms with Crippen LogP contribution in [0.15, 0.2) is 67.2 Å². The number of fused-ring (bicyclic) bond motifs is 1. The van der Waals surface area contributed by atoms with Crippen molar-refractivity contribution in [2.75, 3.05) is 0 Å². The maximum Gasteiger partial charge on any atom is -0.0109 e. The van der Waals surface area contributed by atoms with E-state index in [1.54, 1.807) is 11.1 Å². The van der Waals surface area contributed by atoms with E-state index < -0.39 is 0 Å². The fraction of sp³-hybridized carbons (Fsp3) is 0.447. The molecule has 1 heteroatoms. The third-order valence-corrected chi connectivity index (χ3v) is 6.20. The summed E-state index contributed by atoms with van der Waals surface area (Å²) in [5, 5.41) is 0. The summed E-state index contributed by atoms with van der Waals surface area (Å²) >= 11 is 3.83. The smallest absolute Gasteiger partial charge is 0.0109 e. The first-order valence-corrected chi connectivity index (χ1v) is 15.4. The topological polar surface area (TPSA) is 0 Å². The van der Waals surface area contributed by atoms with E-state index >= 15 is 0 Å². The zero-order valence-corrected chi connectivity index (χ0v) is 28.4. The molecule has 0 spiro atoms. The third kappa shape index (κ3) is 12.9. The summed E-state index contributed by atoms with van der Waals surface area (Å²) in [5.41, 5.74) is 12.3. The van der Waals surface area contributed by atoms with Gasteiger partial charge in [0.2, 0.25) is 0 Å². The Morgan fingerprint density at radius 2 is 1.18 bits per heavy atom. The van der Waals surface area contributed by atoms with E-state index in [2.05, 4.69) is 134 Å². The van der Waals surface area contributed by atoms with E-state index in [0.29, 0.717) is 0 Å². The quantitative estimate of drug-likeness (QED) is 0.288. The van der Waals surface area contributed by atoms with E-state index in [4.69, 9.17) is 0 Å². The van der Waals surface area contributed by atoms with Crippen molar-refractivity contribution in [3.63, 3.8) is 0 Å². The average Bonchev–Trinajstić information content (AvgIpc) is 3.32. The van der Waals surface area contributed by atoms with Gasteiger partial charge in [0.25, 0.3) is 0 Å². The summed E-state index contributed by atoms with van der Waals surface area (Å²) < 4.78 is 0. The summed E-state index contributed by atoms with van der Waals surface area (Å²) in [4.78, 5) is 0. The summed E-state index contributed by atoms with van der Waals surface area (Å²) in [7, 11) is 0. The Bertz CT molecular complexity index is 1080. The Morgan fingerprint density at radius 1 is 0.718 bits per heavy atom. The predicted molar refractivity (Wildman–Crippen MR) is 187 cm³/mol. The number of rotatable bonds is 2. The molecule has 0 fully saturated rings. The first kappa shape index (κ1) is 38.6. The van der Waals surface area contributed by atoms with Gasteiger partial charge in [-0.2, -0.15) is 0 Å². The molecular formula is C38H58S. The maximum absolute atomic E-state index is 4.11. The summed E-state index contributed by atoms with van der Waals surface area (Å²) in [6.45, 7) is 31.5. The van der Waals surface area contributed by atoms with Crippen molar-refractivity contribution in [2.45, 2.75) is 108 Å². The Morgan fingerprint density at radius 3 is 1.67 bits per heavy atom. The molecule has 0 radical (unpaired) electrons. The number of allylic oxidation sites excluding steroid dienone is 1. The molecular weight excluding hydrogens is 488 g/mol. The van der Waals surface area contributed by atoms with Crippen molar-refractivity contribution >= 4 is 23.7 Å². The molecule has 1 unspecified atom stereocenters. The van der Waals surface area contributed by atoms with Crippen LogP contribution in [0.3, 0.4) is 0 Å². The standard InChI is InChI=1S/C20H24.C11H14.3C2H6.CH2S/c1-14(2)19-13-15(3)7-12-18(19)16-8-10-17(11-9-16)20(4,5)6;1-8-3-4-10-6-9(2)7-11(10)5-8;4*1-2/h7-13H,1H2,2-6H3;3-5,9H,6-7H2,1-2H3;3*1-2H3;1H2. The minimum Gasteiger partial charge on any atom is -0.0973 e. The van der Waals surface area contributed by atoms with Crippen molar-refractivity contribution < 1.29 is 0 Å². The van der Waals surface area contributed by atoms with Crippen molar-refractivity contribution in [3.8, 4) is 11.1 Å². The maximum atomic E-state index is 4.11. The fourth-order valence-electron chi connectivity index (χ4n) is 4.38. The van der Waals surface area contributed by atoms with Crippen LogP contribution < -0.4 is 0 Å². The van der Waals surface area contributed by atoms with Crippen molar-refractivity contribution in [1.29, 1.82) is 0 Å². The molecule has 39 heavy (non-hydrogen) atoms. The van der Waals surface area contributed by atoms with Gasteiger partial charge in [-0.3, -0.25) is 0 Å². The molecule has 4 rings (SSSR count). The lowest BCUT2D eigenvalue weighted by molar-refractivity contribution is 0.590. The molecule has 3 aromatic rings. The molecule has 0 nitrogen and oxygen atoms in total. The predicted octanol–water partition coefficient (Wildman–Crippen LogP) is 12.4. The number of thiocarbonyl (C=S) groups is 1. The SMILES string of the molecule is C=C(C)c1cc(C)ccc1-c1ccc(C(C)(C)C)cc1.C=S.CC.CC.CC.Cc1ccc2c(c1)CC(C)C2. The zero-order chi connectivity index (χ0) is 30.8. The molecule has 0 aliphatic heterocycles. The van der Waals surface area contributed by atoms with Crippen molar-refractivity contribution in [2.24, 2.45) is 5.92 Å². The highest BCUT2D eigenvalue weighted by molar-refractivity contribution is 7.77. The molecule has 1 aliphatic carbocycles. The van der Waals surface area contributed by atoms with Crippen LogP contribution in [0.25, 0.3) is 16.7 Å². The lowest BCUT2D eigenvalue weighted by atomic mass is 9.85. The average molecular weight is 547 g/mol. The van der Waals surface area contributed by atoms with Gasteiger partial charge in [0.1, 0.15) is 0 Å². The van der Waals surface area contributed by atoms with Crippen LogP contribution in [0.4, 0.5) is 0 Å². The largest absolute Gasteiger partial charge is 0.0973 e. The van der Waals surface area contributed by atoms with Crippen LogP contribution in [-0.2, 0) is 18.3 Å². The lowest BCUT2D eigenvalue weighted by Crippen LogP contribution is -2.10. The molecule has 3 aromatic carbocycles. The minimum absolute atomic E-state index is 0.197. The number of aryl methyl sites for hydroxylation is 2. The Kier molecular flexibility index (Phi) is 20.2. The summed E-state index contributed by atoms with van der Waals surface area (Å²) in [6, 6.07) is 22.3. The lowest BCUT2D eigenvalue weighted by Gasteiger charge is -2.19. The Labute approximate surface area is 249 Å². The molecule has 0 saturated heterocycles. The second-order valence-corrected chi connectivity index (χ2v) is 10.4. The number of hydrogen-bond acceptors (Lipinski definition) is 1. The van der Waals surface area contributed by atoms with Gasteiger partial charge in [-0.25, -0.2) is 0 Å². The van der Waals surface area contributed by atoms with Crippen LogP contribution in [0.5, 0.6) is 0 Å². The number of benzene rings is 3.